The Kier molecular flexibility index (Phi) is 7.45. The van der Waals surface area contributed by atoms with Gasteiger partial charge in [0.15, 0.2) is 0 Å². The highest BCUT2D eigenvalue weighted by molar-refractivity contribution is 6.30. The van der Waals surface area contributed by atoms with Crippen molar-refractivity contribution in [3.8, 4) is 5.75 Å². The van der Waals surface area contributed by atoms with Gasteiger partial charge in [-0.25, -0.2) is 9.97 Å². The summed E-state index contributed by atoms with van der Waals surface area (Å²) in [5, 5.41) is 0.652. The first-order valence-corrected chi connectivity index (χ1v) is 11.7. The van der Waals surface area contributed by atoms with Crippen molar-refractivity contribution in [3.05, 3.63) is 53.6 Å². The normalized spacial score (nSPS) is 18.7. The van der Waals surface area contributed by atoms with Crippen LogP contribution >= 0.6 is 11.6 Å². The van der Waals surface area contributed by atoms with Crippen LogP contribution in [0.2, 0.25) is 5.02 Å². The van der Waals surface area contributed by atoms with Gasteiger partial charge in [-0.15, -0.1) is 0 Å². The summed E-state index contributed by atoms with van der Waals surface area (Å²) in [6.45, 7) is 4.83. The first kappa shape index (κ1) is 23.4. The first-order valence-electron chi connectivity index (χ1n) is 11.3. The van der Waals surface area contributed by atoms with Crippen molar-refractivity contribution in [2.24, 2.45) is 5.41 Å². The fourth-order valence-corrected chi connectivity index (χ4v) is 4.53. The molecular formula is C24H30ClN5O3. The van der Waals surface area contributed by atoms with Crippen LogP contribution in [-0.4, -0.2) is 89.4 Å². The zero-order valence-corrected chi connectivity index (χ0v) is 19.7. The Labute approximate surface area is 199 Å². The molecule has 2 saturated heterocycles. The monoisotopic (exact) mass is 471 g/mol. The zero-order chi connectivity index (χ0) is 23.3. The number of halogens is 1. The highest BCUT2D eigenvalue weighted by Gasteiger charge is 2.40. The quantitative estimate of drug-likeness (QED) is 0.644. The van der Waals surface area contributed by atoms with Gasteiger partial charge in [0.25, 0.3) is 5.91 Å². The molecule has 8 nitrogen and oxygen atoms in total. The second kappa shape index (κ2) is 10.5. The molecule has 0 N–H and O–H groups in total. The number of ether oxygens (including phenoxy) is 1. The maximum Gasteiger partial charge on any atom is 0.256 e. The molecule has 0 spiro atoms. The number of benzene rings is 1. The van der Waals surface area contributed by atoms with Gasteiger partial charge >= 0.3 is 0 Å². The molecule has 0 saturated carbocycles. The van der Waals surface area contributed by atoms with Crippen LogP contribution in [0.15, 0.2) is 43.0 Å². The maximum absolute atomic E-state index is 13.2. The minimum Gasteiger partial charge on any atom is -0.493 e. The third-order valence-corrected chi connectivity index (χ3v) is 6.91. The number of piperidine rings is 1. The van der Waals surface area contributed by atoms with Crippen molar-refractivity contribution >= 4 is 23.4 Å². The molecule has 33 heavy (non-hydrogen) atoms. The van der Waals surface area contributed by atoms with E-state index in [1.807, 2.05) is 21.9 Å². The number of amides is 2. The van der Waals surface area contributed by atoms with Crippen LogP contribution in [0.3, 0.4) is 0 Å². The Morgan fingerprint density at radius 3 is 2.24 bits per heavy atom. The third kappa shape index (κ3) is 6.00. The summed E-state index contributed by atoms with van der Waals surface area (Å²) in [7, 11) is 2.08. The molecule has 0 atom stereocenters. The van der Waals surface area contributed by atoms with E-state index in [4.69, 9.17) is 16.3 Å². The van der Waals surface area contributed by atoms with Gasteiger partial charge in [0.1, 0.15) is 12.1 Å². The zero-order valence-electron chi connectivity index (χ0n) is 19.0. The van der Waals surface area contributed by atoms with E-state index in [-0.39, 0.29) is 17.2 Å². The van der Waals surface area contributed by atoms with Gasteiger partial charge < -0.3 is 19.4 Å². The summed E-state index contributed by atoms with van der Waals surface area (Å²) in [4.78, 5) is 40.0. The van der Waals surface area contributed by atoms with Crippen LogP contribution in [0.1, 0.15) is 29.6 Å². The fraction of sp³-hybridized carbons (Fsp3) is 0.500. The number of aromatic nitrogens is 2. The molecule has 1 aromatic carbocycles. The lowest BCUT2D eigenvalue weighted by Crippen LogP contribution is -2.51. The van der Waals surface area contributed by atoms with E-state index in [1.165, 1.54) is 18.7 Å². The van der Waals surface area contributed by atoms with Crippen molar-refractivity contribution < 1.29 is 14.3 Å². The standard InChI is InChI=1S/C24H30ClN5O3/c1-28-10-12-29(13-11-28)22(31)14-24(17-33-21-4-2-20(25)3-5-21)6-8-30(9-7-24)23(32)19-15-26-18-27-16-19/h2-5,15-16,18H,6-14,17H2,1H3. The van der Waals surface area contributed by atoms with E-state index in [1.54, 1.807) is 12.1 Å². The summed E-state index contributed by atoms with van der Waals surface area (Å²) < 4.78 is 6.13. The first-order chi connectivity index (χ1) is 15.9. The van der Waals surface area contributed by atoms with E-state index in [2.05, 4.69) is 21.9 Å². The summed E-state index contributed by atoms with van der Waals surface area (Å²) in [6, 6.07) is 7.27. The molecule has 2 aliphatic rings. The van der Waals surface area contributed by atoms with Crippen molar-refractivity contribution in [2.75, 3.05) is 52.9 Å². The summed E-state index contributed by atoms with van der Waals surface area (Å²) in [5.41, 5.74) is 0.153. The van der Waals surface area contributed by atoms with Crippen LogP contribution in [0, 0.1) is 5.41 Å². The average molecular weight is 472 g/mol. The number of hydrogen-bond donors (Lipinski definition) is 0. The van der Waals surface area contributed by atoms with E-state index in [9.17, 15) is 9.59 Å². The largest absolute Gasteiger partial charge is 0.493 e. The number of nitrogens with zero attached hydrogens (tertiary/aromatic N) is 5. The average Bonchev–Trinajstić information content (AvgIpc) is 2.85. The highest BCUT2D eigenvalue weighted by Crippen LogP contribution is 2.37. The molecule has 2 aromatic rings. The topological polar surface area (TPSA) is 78.9 Å². The van der Waals surface area contributed by atoms with Crippen LogP contribution in [0.5, 0.6) is 5.75 Å². The second-order valence-electron chi connectivity index (χ2n) is 9.02. The molecule has 0 bridgehead atoms. The number of likely N-dealkylation sites (N-methyl/N-ethyl adjacent to an activating group) is 1. The summed E-state index contributed by atoms with van der Waals surface area (Å²) >= 11 is 5.99. The van der Waals surface area contributed by atoms with Gasteiger partial charge in [-0.3, -0.25) is 9.59 Å². The van der Waals surface area contributed by atoms with E-state index >= 15 is 0 Å². The molecule has 9 heteroatoms. The molecule has 176 valence electrons. The van der Waals surface area contributed by atoms with E-state index in [0.29, 0.717) is 49.5 Å². The molecule has 0 aliphatic carbocycles. The van der Waals surface area contributed by atoms with Crippen LogP contribution < -0.4 is 4.74 Å². The number of carbonyl (C=O) groups is 2. The van der Waals surface area contributed by atoms with E-state index < -0.39 is 0 Å². The van der Waals surface area contributed by atoms with Gasteiger partial charge in [0.2, 0.25) is 5.91 Å². The van der Waals surface area contributed by atoms with Gasteiger partial charge in [-0.05, 0) is 44.2 Å². The Hall–Kier alpha value is -2.71. The van der Waals surface area contributed by atoms with Gasteiger partial charge in [0, 0.05) is 68.5 Å². The summed E-state index contributed by atoms with van der Waals surface area (Å²) in [5.74, 6) is 0.818. The van der Waals surface area contributed by atoms with Crippen molar-refractivity contribution in [2.45, 2.75) is 19.3 Å². The number of piperazine rings is 1. The number of carbonyl (C=O) groups excluding carboxylic acids is 2. The van der Waals surface area contributed by atoms with Gasteiger partial charge in [0.05, 0.1) is 12.2 Å². The van der Waals surface area contributed by atoms with Gasteiger partial charge in [-0.2, -0.15) is 0 Å². The molecule has 2 fully saturated rings. The number of hydrogen-bond acceptors (Lipinski definition) is 6. The Morgan fingerprint density at radius 2 is 1.61 bits per heavy atom. The molecule has 0 unspecified atom stereocenters. The lowest BCUT2D eigenvalue weighted by atomic mass is 9.75. The predicted octanol–water partition coefficient (Wildman–Crippen LogP) is 2.60. The molecule has 2 amide bonds. The lowest BCUT2D eigenvalue weighted by molar-refractivity contribution is -0.136. The predicted molar refractivity (Wildman–Crippen MR) is 125 cm³/mol. The van der Waals surface area contributed by atoms with Crippen LogP contribution in [-0.2, 0) is 4.79 Å². The number of rotatable bonds is 6. The van der Waals surface area contributed by atoms with Crippen molar-refractivity contribution in [1.29, 1.82) is 0 Å². The maximum atomic E-state index is 13.2. The van der Waals surface area contributed by atoms with Crippen LogP contribution in [0.4, 0.5) is 0 Å². The fourth-order valence-electron chi connectivity index (χ4n) is 4.40. The molecule has 4 rings (SSSR count). The minimum absolute atomic E-state index is 0.0757. The van der Waals surface area contributed by atoms with Gasteiger partial charge in [-0.1, -0.05) is 11.6 Å². The summed E-state index contributed by atoms with van der Waals surface area (Å²) in [6.07, 6.45) is 6.30. The molecule has 2 aliphatic heterocycles. The molecule has 0 radical (unpaired) electrons. The Morgan fingerprint density at radius 1 is 0.970 bits per heavy atom. The highest BCUT2D eigenvalue weighted by atomic mass is 35.5. The lowest BCUT2D eigenvalue weighted by Gasteiger charge is -2.42. The number of likely N-dealkylation sites (tertiary alicyclic amines) is 1. The molecule has 3 heterocycles. The van der Waals surface area contributed by atoms with Crippen molar-refractivity contribution in [3.63, 3.8) is 0 Å². The van der Waals surface area contributed by atoms with E-state index in [0.717, 1.165) is 31.9 Å². The van der Waals surface area contributed by atoms with Crippen LogP contribution in [0.25, 0.3) is 0 Å². The van der Waals surface area contributed by atoms with Crippen molar-refractivity contribution in [1.82, 2.24) is 24.7 Å². The molecular weight excluding hydrogens is 442 g/mol. The third-order valence-electron chi connectivity index (χ3n) is 6.66. The smallest absolute Gasteiger partial charge is 0.256 e. The Balaban J connectivity index is 1.44. The Bertz CT molecular complexity index is 940. The molecule has 1 aromatic heterocycles. The SMILES string of the molecule is CN1CCN(C(=O)CC2(COc3ccc(Cl)cc3)CCN(C(=O)c3cncnc3)CC2)CC1. The minimum atomic E-state index is -0.329. The second-order valence-corrected chi connectivity index (χ2v) is 9.46.